The second-order valence-electron chi connectivity index (χ2n) is 8.07. The molecule has 2 aromatic rings. The maximum absolute atomic E-state index is 15.3. The largest absolute Gasteiger partial charge is 0.479 e. The number of carbonyl (C=O) groups excluding carboxylic acids is 1. The van der Waals surface area contributed by atoms with Crippen LogP contribution in [0.1, 0.15) is 34.1 Å². The molecule has 1 N–H and O–H groups in total. The van der Waals surface area contributed by atoms with Gasteiger partial charge >= 0.3 is 6.09 Å². The van der Waals surface area contributed by atoms with Gasteiger partial charge in [-0.2, -0.15) is 4.98 Å². The summed E-state index contributed by atoms with van der Waals surface area (Å²) in [6, 6.07) is 1.09. The van der Waals surface area contributed by atoms with E-state index in [4.69, 9.17) is 21.1 Å². The Morgan fingerprint density at radius 2 is 2.18 bits per heavy atom. The summed E-state index contributed by atoms with van der Waals surface area (Å²) in [5.41, 5.74) is -1.79. The first-order valence-corrected chi connectivity index (χ1v) is 9.40. The van der Waals surface area contributed by atoms with Gasteiger partial charge in [0.2, 0.25) is 11.8 Å². The van der Waals surface area contributed by atoms with Crippen LogP contribution in [-0.4, -0.2) is 63.1 Å². The van der Waals surface area contributed by atoms with Gasteiger partial charge in [-0.15, -0.1) is 5.10 Å². The molecule has 1 aliphatic heterocycles. The molecular weight excluding hydrogens is 389 g/mol. The number of fused-ring (bicyclic) bond motifs is 1. The number of likely N-dealkylation sites (tertiary alicyclic amines) is 1. The fraction of sp³-hybridized carbons (Fsp3) is 0.611. The van der Waals surface area contributed by atoms with E-state index >= 15 is 4.39 Å². The summed E-state index contributed by atoms with van der Waals surface area (Å²) >= 11 is 6.13. The molecule has 0 aromatic carbocycles. The van der Waals surface area contributed by atoms with Gasteiger partial charge in [-0.25, -0.2) is 13.7 Å². The molecule has 28 heavy (non-hydrogen) atoms. The predicted molar refractivity (Wildman–Crippen MR) is 104 cm³/mol. The Bertz CT molecular complexity index is 880. The molecular formula is C18H25ClFN5O3. The summed E-state index contributed by atoms with van der Waals surface area (Å²) in [6.07, 6.45) is 1.53. The van der Waals surface area contributed by atoms with E-state index < -0.39 is 23.4 Å². The number of methoxy groups -OCH3 is 1. The Morgan fingerprint density at radius 1 is 1.46 bits per heavy atom. The van der Waals surface area contributed by atoms with Crippen LogP contribution in [0.25, 0.3) is 5.52 Å². The molecule has 1 saturated heterocycles. The van der Waals surface area contributed by atoms with Gasteiger partial charge in [-0.1, -0.05) is 11.6 Å². The zero-order chi connectivity index (χ0) is 20.7. The third-order valence-corrected chi connectivity index (χ3v) is 4.80. The molecule has 0 spiro atoms. The molecule has 8 nitrogen and oxygen atoms in total. The fourth-order valence-electron chi connectivity index (χ4n) is 3.17. The Morgan fingerprint density at radius 3 is 2.79 bits per heavy atom. The molecule has 0 aliphatic carbocycles. The summed E-state index contributed by atoms with van der Waals surface area (Å²) in [6.45, 7) is 7.06. The third-order valence-electron chi connectivity index (χ3n) is 4.49. The normalized spacial score (nSPS) is 23.0. The summed E-state index contributed by atoms with van der Waals surface area (Å²) in [5.74, 6) is 0.510. The van der Waals surface area contributed by atoms with Crippen LogP contribution >= 0.6 is 11.6 Å². The molecule has 3 rings (SSSR count). The average Bonchev–Trinajstić information content (AvgIpc) is 2.95. The standard InChI is InChI=1S/C18H25ClFN5O3/c1-17(2,3)28-16(26)24-8-7-12(18(4,20)10-24)21-15-22-14(27-5)13-11(19)6-9-25(13)23-15/h6,9,12H,7-8,10H2,1-5H3,(H,21,23)/t12-,18?/m1/s1. The highest BCUT2D eigenvalue weighted by molar-refractivity contribution is 6.34. The van der Waals surface area contributed by atoms with Gasteiger partial charge in [0, 0.05) is 12.7 Å². The molecule has 1 amide bonds. The van der Waals surface area contributed by atoms with Gasteiger partial charge in [0.25, 0.3) is 0 Å². The number of carbonyl (C=O) groups is 1. The first-order valence-electron chi connectivity index (χ1n) is 9.02. The van der Waals surface area contributed by atoms with Crippen molar-refractivity contribution in [1.82, 2.24) is 19.5 Å². The summed E-state index contributed by atoms with van der Waals surface area (Å²) < 4.78 is 27.5. The molecule has 0 bridgehead atoms. The van der Waals surface area contributed by atoms with Crippen LogP contribution in [0.5, 0.6) is 5.88 Å². The molecule has 3 heterocycles. The topological polar surface area (TPSA) is 81.0 Å². The van der Waals surface area contributed by atoms with Crippen molar-refractivity contribution in [3.63, 3.8) is 0 Å². The lowest BCUT2D eigenvalue weighted by Gasteiger charge is -2.41. The SMILES string of the molecule is COc1nc(N[C@@H]2CCN(C(=O)OC(C)(C)C)CC2(C)F)nn2ccc(Cl)c12. The van der Waals surface area contributed by atoms with Gasteiger partial charge in [0.05, 0.1) is 24.7 Å². The third kappa shape index (κ3) is 4.24. The van der Waals surface area contributed by atoms with Crippen LogP contribution in [-0.2, 0) is 4.74 Å². The number of anilines is 1. The number of piperidine rings is 1. The summed E-state index contributed by atoms with van der Waals surface area (Å²) in [4.78, 5) is 17.9. The highest BCUT2D eigenvalue weighted by atomic mass is 35.5. The minimum Gasteiger partial charge on any atom is -0.479 e. The number of halogens is 2. The van der Waals surface area contributed by atoms with Crippen LogP contribution in [0.4, 0.5) is 15.1 Å². The van der Waals surface area contributed by atoms with Crippen molar-refractivity contribution in [3.05, 3.63) is 17.3 Å². The van der Waals surface area contributed by atoms with Crippen LogP contribution in [0.3, 0.4) is 0 Å². The molecule has 2 aromatic heterocycles. The molecule has 0 saturated carbocycles. The highest BCUT2D eigenvalue weighted by Crippen LogP contribution is 2.30. The first kappa shape index (κ1) is 20.4. The lowest BCUT2D eigenvalue weighted by Crippen LogP contribution is -2.57. The predicted octanol–water partition coefficient (Wildman–Crippen LogP) is 3.54. The zero-order valence-corrected chi connectivity index (χ0v) is 17.4. The van der Waals surface area contributed by atoms with Crippen LogP contribution in [0, 0.1) is 0 Å². The number of ether oxygens (including phenoxy) is 2. The minimum atomic E-state index is -1.70. The summed E-state index contributed by atoms with van der Waals surface area (Å²) in [5, 5.41) is 7.82. The van der Waals surface area contributed by atoms with E-state index in [2.05, 4.69) is 15.4 Å². The Labute approximate surface area is 167 Å². The van der Waals surface area contributed by atoms with E-state index in [-0.39, 0.29) is 12.5 Å². The quantitative estimate of drug-likeness (QED) is 0.828. The smallest absolute Gasteiger partial charge is 0.410 e. The molecule has 1 aliphatic rings. The summed E-state index contributed by atoms with van der Waals surface area (Å²) in [7, 11) is 1.48. The molecule has 154 valence electrons. The van der Waals surface area contributed by atoms with Crippen molar-refractivity contribution in [3.8, 4) is 5.88 Å². The van der Waals surface area contributed by atoms with E-state index in [0.717, 1.165) is 0 Å². The molecule has 2 atom stereocenters. The Balaban J connectivity index is 1.75. The van der Waals surface area contributed by atoms with Crippen molar-refractivity contribution in [2.45, 2.75) is 51.4 Å². The molecule has 1 fully saturated rings. The lowest BCUT2D eigenvalue weighted by atomic mass is 9.91. The van der Waals surface area contributed by atoms with Gasteiger partial charge < -0.3 is 19.7 Å². The van der Waals surface area contributed by atoms with Gasteiger partial charge in [-0.3, -0.25) is 0 Å². The van der Waals surface area contributed by atoms with Crippen molar-refractivity contribution < 1.29 is 18.7 Å². The van der Waals surface area contributed by atoms with Gasteiger partial charge in [-0.05, 0) is 40.2 Å². The number of amides is 1. The van der Waals surface area contributed by atoms with E-state index in [1.807, 2.05) is 0 Å². The molecule has 10 heteroatoms. The zero-order valence-electron chi connectivity index (χ0n) is 16.6. The van der Waals surface area contributed by atoms with E-state index in [9.17, 15) is 4.79 Å². The number of hydrogen-bond acceptors (Lipinski definition) is 6. The maximum Gasteiger partial charge on any atom is 0.410 e. The van der Waals surface area contributed by atoms with Gasteiger partial charge in [0.1, 0.15) is 16.8 Å². The van der Waals surface area contributed by atoms with Crippen LogP contribution < -0.4 is 10.1 Å². The van der Waals surface area contributed by atoms with E-state index in [0.29, 0.717) is 29.4 Å². The van der Waals surface area contributed by atoms with Gasteiger partial charge in [0.15, 0.2) is 0 Å². The lowest BCUT2D eigenvalue weighted by molar-refractivity contribution is -0.00445. The number of nitrogens with one attached hydrogen (secondary N) is 1. The van der Waals surface area contributed by atoms with Crippen molar-refractivity contribution >= 4 is 29.2 Å². The van der Waals surface area contributed by atoms with Crippen molar-refractivity contribution in [2.75, 3.05) is 25.5 Å². The monoisotopic (exact) mass is 413 g/mol. The second-order valence-corrected chi connectivity index (χ2v) is 8.47. The number of rotatable bonds is 3. The fourth-order valence-corrected chi connectivity index (χ4v) is 3.39. The van der Waals surface area contributed by atoms with Crippen molar-refractivity contribution in [1.29, 1.82) is 0 Å². The van der Waals surface area contributed by atoms with Crippen LogP contribution in [0.15, 0.2) is 12.3 Å². The molecule has 0 radical (unpaired) electrons. The second kappa shape index (κ2) is 7.27. The number of alkyl halides is 1. The minimum absolute atomic E-state index is 0.0890. The first-order chi connectivity index (χ1) is 13.0. The highest BCUT2D eigenvalue weighted by Gasteiger charge is 2.43. The molecule has 1 unspecified atom stereocenters. The number of hydrogen-bond donors (Lipinski definition) is 1. The maximum atomic E-state index is 15.3. The van der Waals surface area contributed by atoms with E-state index in [1.54, 1.807) is 33.0 Å². The van der Waals surface area contributed by atoms with E-state index in [1.165, 1.54) is 23.4 Å². The van der Waals surface area contributed by atoms with Crippen LogP contribution in [0.2, 0.25) is 5.02 Å². The average molecular weight is 414 g/mol. The number of aromatic nitrogens is 3. The Kier molecular flexibility index (Phi) is 5.31. The number of nitrogens with zero attached hydrogens (tertiary/aromatic N) is 4. The van der Waals surface area contributed by atoms with Crippen molar-refractivity contribution in [2.24, 2.45) is 0 Å². The Hall–Kier alpha value is -2.29.